The van der Waals surface area contributed by atoms with E-state index in [4.69, 9.17) is 4.74 Å². The van der Waals surface area contributed by atoms with Crippen molar-refractivity contribution in [3.05, 3.63) is 0 Å². The quantitative estimate of drug-likeness (QED) is 0.680. The highest BCUT2D eigenvalue weighted by molar-refractivity contribution is 4.85. The van der Waals surface area contributed by atoms with Crippen LogP contribution in [0.5, 0.6) is 0 Å². The van der Waals surface area contributed by atoms with Gasteiger partial charge < -0.3 is 4.74 Å². The van der Waals surface area contributed by atoms with Crippen LogP contribution in [0, 0.1) is 11.3 Å². The molecule has 1 aliphatic heterocycles. The van der Waals surface area contributed by atoms with Gasteiger partial charge in [-0.15, -0.1) is 0 Å². The fraction of sp³-hybridized carbons (Fsp3) is 1.00. The number of hydrogen-bond donors (Lipinski definition) is 0. The van der Waals surface area contributed by atoms with E-state index >= 15 is 0 Å². The Labute approximate surface area is 100 Å². The molecule has 0 N–H and O–H groups in total. The van der Waals surface area contributed by atoms with Crippen LogP contribution in [0.25, 0.3) is 0 Å². The number of hydrogen-bond acceptors (Lipinski definition) is 2. The van der Waals surface area contributed by atoms with Gasteiger partial charge in [-0.1, -0.05) is 20.8 Å². The Morgan fingerprint density at radius 2 is 1.50 bits per heavy atom. The highest BCUT2D eigenvalue weighted by Crippen LogP contribution is 2.39. The van der Waals surface area contributed by atoms with Gasteiger partial charge >= 0.3 is 0 Å². The smallest absolute Gasteiger partial charge is 0.0594 e. The molecule has 0 atom stereocenters. The summed E-state index contributed by atoms with van der Waals surface area (Å²) in [4.78, 5) is 2.66. The molecule has 0 unspecified atom stereocenters. The molecule has 0 bridgehead atoms. The van der Waals surface area contributed by atoms with Crippen LogP contribution in [0.1, 0.15) is 46.5 Å². The summed E-state index contributed by atoms with van der Waals surface area (Å²) in [5.41, 5.74) is 0.510. The summed E-state index contributed by atoms with van der Waals surface area (Å²) in [5.74, 6) is 0.935. The van der Waals surface area contributed by atoms with E-state index in [0.717, 1.165) is 38.3 Å². The van der Waals surface area contributed by atoms with Crippen LogP contribution in [0.2, 0.25) is 0 Å². The van der Waals surface area contributed by atoms with Gasteiger partial charge in [0, 0.05) is 19.1 Å². The predicted molar refractivity (Wildman–Crippen MR) is 67.6 cm³/mol. The zero-order chi connectivity index (χ0) is 11.6. The molecule has 2 rings (SSSR count). The van der Waals surface area contributed by atoms with E-state index in [1.165, 1.54) is 25.7 Å². The molecule has 0 aromatic heterocycles. The maximum atomic E-state index is 5.42. The number of ether oxygens (including phenoxy) is 1. The third kappa shape index (κ3) is 2.98. The molecule has 94 valence electrons. The lowest BCUT2D eigenvalue weighted by Crippen LogP contribution is -2.45. The van der Waals surface area contributed by atoms with Crippen molar-refractivity contribution >= 4 is 0 Å². The number of morpholine rings is 1. The maximum Gasteiger partial charge on any atom is 0.0594 e. The van der Waals surface area contributed by atoms with Gasteiger partial charge in [0.2, 0.25) is 0 Å². The third-order valence-corrected chi connectivity index (χ3v) is 4.48. The Hall–Kier alpha value is -0.0800. The molecule has 1 saturated heterocycles. The normalized spacial score (nSPS) is 33.9. The molecular formula is C14H27NO. The molecule has 2 fully saturated rings. The van der Waals surface area contributed by atoms with E-state index in [9.17, 15) is 0 Å². The van der Waals surface area contributed by atoms with E-state index in [1.807, 2.05) is 0 Å². The molecule has 0 spiro atoms. The Bertz CT molecular complexity index is 207. The second kappa shape index (κ2) is 5.05. The summed E-state index contributed by atoms with van der Waals surface area (Å²) in [7, 11) is 0. The molecule has 0 aromatic rings. The van der Waals surface area contributed by atoms with Crippen molar-refractivity contribution in [2.24, 2.45) is 11.3 Å². The average Bonchev–Trinajstić information content (AvgIpc) is 2.29. The van der Waals surface area contributed by atoms with Crippen molar-refractivity contribution in [3.63, 3.8) is 0 Å². The predicted octanol–water partition coefficient (Wildman–Crippen LogP) is 2.92. The van der Waals surface area contributed by atoms with Crippen molar-refractivity contribution in [1.29, 1.82) is 0 Å². The minimum atomic E-state index is 0.510. The standard InChI is InChI=1S/C14H27NO/c1-14(2,3)12-4-6-13(7-5-12)15-8-10-16-11-9-15/h12-13H,4-11H2,1-3H3/t12-,13-. The Kier molecular flexibility index (Phi) is 3.91. The minimum Gasteiger partial charge on any atom is -0.379 e. The Morgan fingerprint density at radius 1 is 0.938 bits per heavy atom. The summed E-state index contributed by atoms with van der Waals surface area (Å²) in [6.07, 6.45) is 5.65. The van der Waals surface area contributed by atoms with Crippen LogP contribution in [-0.4, -0.2) is 37.2 Å². The van der Waals surface area contributed by atoms with Gasteiger partial charge in [0.25, 0.3) is 0 Å². The molecule has 2 heteroatoms. The maximum absolute atomic E-state index is 5.42. The van der Waals surface area contributed by atoms with Crippen molar-refractivity contribution in [2.75, 3.05) is 26.3 Å². The van der Waals surface area contributed by atoms with Crippen molar-refractivity contribution < 1.29 is 4.74 Å². The molecule has 1 saturated carbocycles. The molecule has 2 aliphatic rings. The molecule has 0 amide bonds. The highest BCUT2D eigenvalue weighted by atomic mass is 16.5. The van der Waals surface area contributed by atoms with Crippen molar-refractivity contribution in [2.45, 2.75) is 52.5 Å². The topological polar surface area (TPSA) is 12.5 Å². The SMILES string of the molecule is CC(C)(C)[C@H]1CC[C@H](N2CCOCC2)CC1. The van der Waals surface area contributed by atoms with Gasteiger partial charge in [0.1, 0.15) is 0 Å². The van der Waals surface area contributed by atoms with Gasteiger partial charge in [-0.25, -0.2) is 0 Å². The van der Waals surface area contributed by atoms with Gasteiger partial charge in [0.15, 0.2) is 0 Å². The summed E-state index contributed by atoms with van der Waals surface area (Å²) < 4.78 is 5.42. The molecular weight excluding hydrogens is 198 g/mol. The lowest BCUT2D eigenvalue weighted by atomic mass is 9.71. The summed E-state index contributed by atoms with van der Waals surface area (Å²) in [6, 6.07) is 0.850. The van der Waals surface area contributed by atoms with E-state index in [2.05, 4.69) is 25.7 Å². The first-order chi connectivity index (χ1) is 7.57. The van der Waals surface area contributed by atoms with Gasteiger partial charge in [-0.05, 0) is 37.0 Å². The fourth-order valence-electron chi connectivity index (χ4n) is 3.25. The monoisotopic (exact) mass is 225 g/mol. The first-order valence-electron chi connectivity index (χ1n) is 6.89. The lowest BCUT2D eigenvalue weighted by Gasteiger charge is -2.42. The zero-order valence-corrected chi connectivity index (χ0v) is 11.2. The molecule has 1 aliphatic carbocycles. The summed E-state index contributed by atoms with van der Waals surface area (Å²) >= 11 is 0. The molecule has 0 aromatic carbocycles. The Balaban J connectivity index is 1.80. The van der Waals surface area contributed by atoms with Crippen LogP contribution >= 0.6 is 0 Å². The van der Waals surface area contributed by atoms with Crippen LogP contribution in [0.4, 0.5) is 0 Å². The van der Waals surface area contributed by atoms with E-state index < -0.39 is 0 Å². The minimum absolute atomic E-state index is 0.510. The average molecular weight is 225 g/mol. The van der Waals surface area contributed by atoms with Crippen molar-refractivity contribution in [3.8, 4) is 0 Å². The number of nitrogens with zero attached hydrogens (tertiary/aromatic N) is 1. The Morgan fingerprint density at radius 3 is 2.00 bits per heavy atom. The third-order valence-electron chi connectivity index (χ3n) is 4.48. The summed E-state index contributed by atoms with van der Waals surface area (Å²) in [6.45, 7) is 11.4. The lowest BCUT2D eigenvalue weighted by molar-refractivity contribution is -0.000697. The van der Waals surface area contributed by atoms with E-state index in [0.29, 0.717) is 5.41 Å². The van der Waals surface area contributed by atoms with Crippen LogP contribution in [-0.2, 0) is 4.74 Å². The fourth-order valence-corrected chi connectivity index (χ4v) is 3.25. The van der Waals surface area contributed by atoms with Gasteiger partial charge in [-0.3, -0.25) is 4.90 Å². The summed E-state index contributed by atoms with van der Waals surface area (Å²) in [5, 5.41) is 0. The van der Waals surface area contributed by atoms with E-state index in [1.54, 1.807) is 0 Å². The van der Waals surface area contributed by atoms with Crippen LogP contribution in [0.15, 0.2) is 0 Å². The second-order valence-electron chi connectivity index (χ2n) is 6.52. The van der Waals surface area contributed by atoms with Crippen LogP contribution < -0.4 is 0 Å². The second-order valence-corrected chi connectivity index (χ2v) is 6.52. The molecule has 0 radical (unpaired) electrons. The largest absolute Gasteiger partial charge is 0.379 e. The molecule has 1 heterocycles. The first kappa shape index (κ1) is 12.4. The van der Waals surface area contributed by atoms with Gasteiger partial charge in [-0.2, -0.15) is 0 Å². The zero-order valence-electron chi connectivity index (χ0n) is 11.2. The van der Waals surface area contributed by atoms with Gasteiger partial charge in [0.05, 0.1) is 13.2 Å². The van der Waals surface area contributed by atoms with E-state index in [-0.39, 0.29) is 0 Å². The molecule has 2 nitrogen and oxygen atoms in total. The van der Waals surface area contributed by atoms with Crippen LogP contribution in [0.3, 0.4) is 0 Å². The number of rotatable bonds is 1. The first-order valence-corrected chi connectivity index (χ1v) is 6.89. The molecule has 16 heavy (non-hydrogen) atoms. The van der Waals surface area contributed by atoms with Crippen molar-refractivity contribution in [1.82, 2.24) is 4.90 Å². The highest BCUT2D eigenvalue weighted by Gasteiger charge is 2.32.